The van der Waals surface area contributed by atoms with Gasteiger partial charge in [-0.1, -0.05) is 30.3 Å². The molecule has 28 heavy (non-hydrogen) atoms. The number of anilines is 1. The summed E-state index contributed by atoms with van der Waals surface area (Å²) in [6.07, 6.45) is 6.53. The second-order valence-electron chi connectivity index (χ2n) is 7.69. The molecule has 0 spiro atoms. The molecule has 1 aromatic heterocycles. The smallest absolute Gasteiger partial charge is 0.225 e. The lowest BCUT2D eigenvalue weighted by atomic mass is 9.89. The van der Waals surface area contributed by atoms with E-state index in [1.165, 1.54) is 18.4 Å². The van der Waals surface area contributed by atoms with Crippen molar-refractivity contribution in [1.82, 2.24) is 19.8 Å². The molecule has 4 rings (SSSR count). The summed E-state index contributed by atoms with van der Waals surface area (Å²) in [7, 11) is 0. The Morgan fingerprint density at radius 2 is 1.57 bits per heavy atom. The maximum atomic E-state index is 12.6. The van der Waals surface area contributed by atoms with Crippen molar-refractivity contribution >= 4 is 11.9 Å². The number of carbonyl (C=O) groups is 1. The number of piperidine rings is 1. The standard InChI is InChI=1S/C22H29N5O/c28-21(26-15-17-27(18-16-26)22-23-10-4-11-24-22)9-14-25-12-7-20(8-13-25)19-5-2-1-3-6-19/h1-6,10-11,20H,7-9,12-18H2. The summed E-state index contributed by atoms with van der Waals surface area (Å²) in [5.41, 5.74) is 1.46. The first kappa shape index (κ1) is 18.9. The van der Waals surface area contributed by atoms with E-state index in [0.717, 1.165) is 51.8 Å². The van der Waals surface area contributed by atoms with E-state index in [-0.39, 0.29) is 5.91 Å². The molecule has 2 aliphatic rings. The molecule has 148 valence electrons. The molecule has 0 unspecified atom stereocenters. The number of amides is 1. The van der Waals surface area contributed by atoms with E-state index in [0.29, 0.717) is 12.3 Å². The van der Waals surface area contributed by atoms with Crippen LogP contribution in [0.1, 0.15) is 30.7 Å². The van der Waals surface area contributed by atoms with Crippen LogP contribution in [0.25, 0.3) is 0 Å². The molecule has 0 N–H and O–H groups in total. The van der Waals surface area contributed by atoms with Crippen LogP contribution in [-0.4, -0.2) is 71.5 Å². The lowest BCUT2D eigenvalue weighted by Gasteiger charge is -2.36. The third-order valence-electron chi connectivity index (χ3n) is 5.97. The van der Waals surface area contributed by atoms with Crippen LogP contribution in [0.2, 0.25) is 0 Å². The highest BCUT2D eigenvalue weighted by Crippen LogP contribution is 2.27. The molecule has 2 aromatic rings. The van der Waals surface area contributed by atoms with Crippen LogP contribution in [0.3, 0.4) is 0 Å². The summed E-state index contributed by atoms with van der Waals surface area (Å²) in [4.78, 5) is 27.8. The van der Waals surface area contributed by atoms with E-state index >= 15 is 0 Å². The monoisotopic (exact) mass is 379 g/mol. The van der Waals surface area contributed by atoms with E-state index in [1.54, 1.807) is 12.4 Å². The Hall–Kier alpha value is -2.47. The zero-order chi connectivity index (χ0) is 19.2. The average molecular weight is 380 g/mol. The predicted molar refractivity (Wildman–Crippen MR) is 110 cm³/mol. The molecule has 0 aliphatic carbocycles. The number of benzene rings is 1. The van der Waals surface area contributed by atoms with Gasteiger partial charge in [0, 0.05) is 51.5 Å². The highest BCUT2D eigenvalue weighted by molar-refractivity contribution is 5.76. The molecule has 6 heteroatoms. The van der Waals surface area contributed by atoms with E-state index in [9.17, 15) is 4.79 Å². The third-order valence-corrected chi connectivity index (χ3v) is 5.97. The summed E-state index contributed by atoms with van der Waals surface area (Å²) in [5.74, 6) is 1.70. The summed E-state index contributed by atoms with van der Waals surface area (Å²) in [6.45, 7) is 6.18. The van der Waals surface area contributed by atoms with Gasteiger partial charge in [-0.3, -0.25) is 4.79 Å². The SMILES string of the molecule is O=C(CCN1CCC(c2ccccc2)CC1)N1CCN(c2ncccn2)CC1. The van der Waals surface area contributed by atoms with E-state index in [4.69, 9.17) is 0 Å². The second-order valence-corrected chi connectivity index (χ2v) is 7.69. The van der Waals surface area contributed by atoms with Gasteiger partial charge in [0.1, 0.15) is 0 Å². The van der Waals surface area contributed by atoms with Crippen molar-refractivity contribution in [2.45, 2.75) is 25.2 Å². The van der Waals surface area contributed by atoms with Gasteiger partial charge in [-0.05, 0) is 43.5 Å². The fraction of sp³-hybridized carbons (Fsp3) is 0.500. The van der Waals surface area contributed by atoms with Crippen LogP contribution >= 0.6 is 0 Å². The molecule has 0 saturated carbocycles. The van der Waals surface area contributed by atoms with Crippen LogP contribution in [0.5, 0.6) is 0 Å². The van der Waals surface area contributed by atoms with Gasteiger partial charge >= 0.3 is 0 Å². The Balaban J connectivity index is 1.18. The normalized spacial score (nSPS) is 19.0. The lowest BCUT2D eigenvalue weighted by molar-refractivity contribution is -0.131. The molecule has 0 radical (unpaired) electrons. The first-order valence-corrected chi connectivity index (χ1v) is 10.4. The number of piperazine rings is 1. The number of nitrogens with zero attached hydrogens (tertiary/aromatic N) is 5. The first-order chi connectivity index (χ1) is 13.8. The molecule has 1 aromatic carbocycles. The Labute approximate surface area is 167 Å². The molecule has 2 aliphatic heterocycles. The second kappa shape index (κ2) is 9.15. The molecular weight excluding hydrogens is 350 g/mol. The average Bonchev–Trinajstić information content (AvgIpc) is 2.79. The molecule has 0 atom stereocenters. The van der Waals surface area contributed by atoms with Gasteiger partial charge in [-0.15, -0.1) is 0 Å². The van der Waals surface area contributed by atoms with Gasteiger partial charge in [-0.2, -0.15) is 0 Å². The Morgan fingerprint density at radius 3 is 2.25 bits per heavy atom. The largest absolute Gasteiger partial charge is 0.339 e. The minimum Gasteiger partial charge on any atom is -0.339 e. The van der Waals surface area contributed by atoms with Gasteiger partial charge in [0.05, 0.1) is 0 Å². The quantitative estimate of drug-likeness (QED) is 0.798. The van der Waals surface area contributed by atoms with Crippen molar-refractivity contribution in [3.05, 3.63) is 54.4 Å². The zero-order valence-corrected chi connectivity index (χ0v) is 16.4. The van der Waals surface area contributed by atoms with Crippen LogP contribution < -0.4 is 4.90 Å². The highest BCUT2D eigenvalue weighted by atomic mass is 16.2. The minimum absolute atomic E-state index is 0.277. The van der Waals surface area contributed by atoms with Gasteiger partial charge in [0.2, 0.25) is 11.9 Å². The summed E-state index contributed by atoms with van der Waals surface area (Å²) in [6, 6.07) is 12.6. The highest BCUT2D eigenvalue weighted by Gasteiger charge is 2.24. The molecule has 3 heterocycles. The molecule has 2 saturated heterocycles. The molecule has 6 nitrogen and oxygen atoms in total. The number of likely N-dealkylation sites (tertiary alicyclic amines) is 1. The third kappa shape index (κ3) is 4.68. The molecular formula is C22H29N5O. The van der Waals surface area contributed by atoms with Crippen LogP contribution in [0.4, 0.5) is 5.95 Å². The van der Waals surface area contributed by atoms with Crippen molar-refractivity contribution < 1.29 is 4.79 Å². The Kier molecular flexibility index (Phi) is 6.17. The van der Waals surface area contributed by atoms with E-state index < -0.39 is 0 Å². The zero-order valence-electron chi connectivity index (χ0n) is 16.4. The van der Waals surface area contributed by atoms with Gasteiger partial charge < -0.3 is 14.7 Å². The maximum absolute atomic E-state index is 12.6. The fourth-order valence-corrected chi connectivity index (χ4v) is 4.24. The molecule has 2 fully saturated rings. The maximum Gasteiger partial charge on any atom is 0.225 e. The topological polar surface area (TPSA) is 52.6 Å². The van der Waals surface area contributed by atoms with Crippen LogP contribution in [0, 0.1) is 0 Å². The predicted octanol–water partition coefficient (Wildman–Crippen LogP) is 2.39. The summed E-state index contributed by atoms with van der Waals surface area (Å²) < 4.78 is 0. The summed E-state index contributed by atoms with van der Waals surface area (Å²) >= 11 is 0. The lowest BCUT2D eigenvalue weighted by Crippen LogP contribution is -2.49. The number of aromatic nitrogens is 2. The number of carbonyl (C=O) groups excluding carboxylic acids is 1. The van der Waals surface area contributed by atoms with Crippen molar-refractivity contribution in [2.24, 2.45) is 0 Å². The van der Waals surface area contributed by atoms with E-state index in [2.05, 4.69) is 50.1 Å². The van der Waals surface area contributed by atoms with Gasteiger partial charge in [0.25, 0.3) is 0 Å². The number of hydrogen-bond acceptors (Lipinski definition) is 5. The van der Waals surface area contributed by atoms with Crippen molar-refractivity contribution in [2.75, 3.05) is 50.7 Å². The number of rotatable bonds is 5. The first-order valence-electron chi connectivity index (χ1n) is 10.4. The van der Waals surface area contributed by atoms with Crippen molar-refractivity contribution in [3.8, 4) is 0 Å². The van der Waals surface area contributed by atoms with Crippen LogP contribution in [-0.2, 0) is 4.79 Å². The van der Waals surface area contributed by atoms with E-state index in [1.807, 2.05) is 11.0 Å². The number of hydrogen-bond donors (Lipinski definition) is 0. The Bertz CT molecular complexity index is 738. The van der Waals surface area contributed by atoms with Gasteiger partial charge in [-0.25, -0.2) is 9.97 Å². The summed E-state index contributed by atoms with van der Waals surface area (Å²) in [5, 5.41) is 0. The minimum atomic E-state index is 0.277. The fourth-order valence-electron chi connectivity index (χ4n) is 4.24. The Morgan fingerprint density at radius 1 is 0.893 bits per heavy atom. The van der Waals surface area contributed by atoms with Crippen molar-refractivity contribution in [3.63, 3.8) is 0 Å². The van der Waals surface area contributed by atoms with Gasteiger partial charge in [0.15, 0.2) is 0 Å². The van der Waals surface area contributed by atoms with Crippen LogP contribution in [0.15, 0.2) is 48.8 Å². The molecule has 0 bridgehead atoms. The molecule has 1 amide bonds. The van der Waals surface area contributed by atoms with Crippen molar-refractivity contribution in [1.29, 1.82) is 0 Å².